The number of nitro groups is 1. The van der Waals surface area contributed by atoms with Gasteiger partial charge < -0.3 is 0 Å². The molecule has 2 aromatic carbocycles. The van der Waals surface area contributed by atoms with E-state index in [0.29, 0.717) is 15.9 Å². The summed E-state index contributed by atoms with van der Waals surface area (Å²) in [5.74, 6) is 0.698. The number of hydrogen-bond donors (Lipinski definition) is 0. The molecule has 0 aliphatic heterocycles. The molecule has 0 aliphatic rings. The maximum atomic E-state index is 11.0. The monoisotopic (exact) mass is 405 g/mol. The molecule has 4 rings (SSSR count). The van der Waals surface area contributed by atoms with Crippen molar-refractivity contribution in [3.8, 4) is 22.5 Å². The Hall–Kier alpha value is -3.48. The van der Waals surface area contributed by atoms with Crippen LogP contribution in [0.2, 0.25) is 0 Å². The maximum Gasteiger partial charge on any atom is 0.270 e. The normalized spacial score (nSPS) is 10.5. The van der Waals surface area contributed by atoms with E-state index in [-0.39, 0.29) is 11.3 Å². The van der Waals surface area contributed by atoms with E-state index in [9.17, 15) is 15.4 Å². The standard InChI is InChI=1S/C19H11N5O2S2/c20-12-13-11-15(24(25)26)8-9-16(13)28-19-22-21-18(17-7-4-10-27-17)23(19)14-5-2-1-3-6-14/h1-11H. The Balaban J connectivity index is 1.82. The molecule has 2 heterocycles. The molecule has 0 spiro atoms. The highest BCUT2D eigenvalue weighted by Crippen LogP contribution is 2.35. The Morgan fingerprint density at radius 1 is 1.11 bits per heavy atom. The van der Waals surface area contributed by atoms with Crippen LogP contribution in [0.5, 0.6) is 0 Å². The lowest BCUT2D eigenvalue weighted by Crippen LogP contribution is -1.99. The van der Waals surface area contributed by atoms with E-state index in [1.807, 2.05) is 58.5 Å². The molecule has 28 heavy (non-hydrogen) atoms. The number of nitriles is 1. The highest BCUT2D eigenvalue weighted by molar-refractivity contribution is 7.99. The fraction of sp³-hybridized carbons (Fsp3) is 0. The minimum absolute atomic E-state index is 0.121. The molecule has 0 bridgehead atoms. The minimum atomic E-state index is -0.517. The Kier molecular flexibility index (Phi) is 4.89. The number of para-hydroxylation sites is 1. The van der Waals surface area contributed by atoms with Crippen LogP contribution in [0.4, 0.5) is 5.69 Å². The number of hydrogen-bond acceptors (Lipinski definition) is 7. The third-order valence-corrected chi connectivity index (χ3v) is 5.77. The van der Waals surface area contributed by atoms with Crippen LogP contribution >= 0.6 is 23.1 Å². The highest BCUT2D eigenvalue weighted by Gasteiger charge is 2.19. The zero-order valence-electron chi connectivity index (χ0n) is 14.2. The summed E-state index contributed by atoms with van der Waals surface area (Å²) in [4.78, 5) is 12.0. The van der Waals surface area contributed by atoms with Crippen molar-refractivity contribution in [2.45, 2.75) is 10.1 Å². The van der Waals surface area contributed by atoms with E-state index >= 15 is 0 Å². The number of nitro benzene ring substituents is 1. The van der Waals surface area contributed by atoms with Crippen molar-refractivity contribution in [3.05, 3.63) is 81.7 Å². The van der Waals surface area contributed by atoms with Crippen molar-refractivity contribution in [2.75, 3.05) is 0 Å². The first-order valence-electron chi connectivity index (χ1n) is 8.08. The van der Waals surface area contributed by atoms with Crippen LogP contribution in [-0.2, 0) is 0 Å². The van der Waals surface area contributed by atoms with E-state index in [1.165, 1.54) is 23.9 Å². The van der Waals surface area contributed by atoms with Crippen LogP contribution in [0, 0.1) is 21.4 Å². The second-order valence-electron chi connectivity index (χ2n) is 5.61. The van der Waals surface area contributed by atoms with Crippen molar-refractivity contribution in [2.24, 2.45) is 0 Å². The summed E-state index contributed by atoms with van der Waals surface area (Å²) in [6.07, 6.45) is 0. The lowest BCUT2D eigenvalue weighted by molar-refractivity contribution is -0.384. The summed E-state index contributed by atoms with van der Waals surface area (Å²) in [6.45, 7) is 0. The molecule has 0 N–H and O–H groups in total. The van der Waals surface area contributed by atoms with Crippen LogP contribution in [0.1, 0.15) is 5.56 Å². The van der Waals surface area contributed by atoms with Gasteiger partial charge in [-0.15, -0.1) is 21.5 Å². The van der Waals surface area contributed by atoms with Crippen molar-refractivity contribution < 1.29 is 4.92 Å². The Morgan fingerprint density at radius 3 is 2.61 bits per heavy atom. The van der Waals surface area contributed by atoms with Crippen molar-refractivity contribution in [1.82, 2.24) is 14.8 Å². The lowest BCUT2D eigenvalue weighted by Gasteiger charge is -2.10. The van der Waals surface area contributed by atoms with E-state index in [4.69, 9.17) is 0 Å². The van der Waals surface area contributed by atoms with Crippen LogP contribution in [0.3, 0.4) is 0 Å². The second kappa shape index (κ2) is 7.64. The Morgan fingerprint density at radius 2 is 1.93 bits per heavy atom. The quantitative estimate of drug-likeness (QED) is 0.345. The van der Waals surface area contributed by atoms with Gasteiger partial charge in [0.05, 0.1) is 15.4 Å². The van der Waals surface area contributed by atoms with Crippen molar-refractivity contribution >= 4 is 28.8 Å². The molecule has 0 radical (unpaired) electrons. The number of benzene rings is 2. The molecule has 7 nitrogen and oxygen atoms in total. The van der Waals surface area contributed by atoms with Gasteiger partial charge in [0.15, 0.2) is 5.82 Å². The largest absolute Gasteiger partial charge is 0.270 e. The minimum Gasteiger partial charge on any atom is -0.269 e. The maximum absolute atomic E-state index is 11.0. The topological polar surface area (TPSA) is 97.6 Å². The van der Waals surface area contributed by atoms with Gasteiger partial charge in [0.1, 0.15) is 6.07 Å². The molecular weight excluding hydrogens is 394 g/mol. The molecule has 136 valence electrons. The van der Waals surface area contributed by atoms with E-state index < -0.39 is 4.92 Å². The van der Waals surface area contributed by atoms with E-state index in [0.717, 1.165) is 10.6 Å². The average Bonchev–Trinajstić information content (AvgIpc) is 3.38. The van der Waals surface area contributed by atoms with E-state index in [2.05, 4.69) is 10.2 Å². The van der Waals surface area contributed by atoms with Gasteiger partial charge in [-0.2, -0.15) is 5.26 Å². The SMILES string of the molecule is N#Cc1cc([N+](=O)[O-])ccc1Sc1nnc(-c2cccs2)n1-c1ccccc1. The first kappa shape index (κ1) is 17.9. The zero-order valence-corrected chi connectivity index (χ0v) is 15.9. The molecule has 0 fully saturated rings. The van der Waals surface area contributed by atoms with Gasteiger partial charge in [0, 0.05) is 22.7 Å². The molecule has 9 heteroatoms. The molecular formula is C19H11N5O2S2. The third-order valence-electron chi connectivity index (χ3n) is 3.88. The fourth-order valence-corrected chi connectivity index (χ4v) is 4.23. The van der Waals surface area contributed by atoms with Gasteiger partial charge in [-0.1, -0.05) is 24.3 Å². The summed E-state index contributed by atoms with van der Waals surface area (Å²) in [5, 5.41) is 31.6. The van der Waals surface area contributed by atoms with Gasteiger partial charge in [-0.3, -0.25) is 14.7 Å². The molecule has 0 atom stereocenters. The lowest BCUT2D eigenvalue weighted by atomic mass is 10.2. The van der Waals surface area contributed by atoms with Gasteiger partial charge in [0.25, 0.3) is 5.69 Å². The van der Waals surface area contributed by atoms with Crippen molar-refractivity contribution in [3.63, 3.8) is 0 Å². The van der Waals surface area contributed by atoms with Gasteiger partial charge >= 0.3 is 0 Å². The summed E-state index contributed by atoms with van der Waals surface area (Å²) in [6, 6.07) is 19.8. The number of thiophene rings is 1. The highest BCUT2D eigenvalue weighted by atomic mass is 32.2. The van der Waals surface area contributed by atoms with Gasteiger partial charge in [0.2, 0.25) is 5.16 Å². The molecule has 2 aromatic heterocycles. The smallest absolute Gasteiger partial charge is 0.269 e. The molecule has 0 saturated heterocycles. The summed E-state index contributed by atoms with van der Waals surface area (Å²) in [7, 11) is 0. The fourth-order valence-electron chi connectivity index (χ4n) is 2.62. The van der Waals surface area contributed by atoms with Crippen LogP contribution in [0.25, 0.3) is 16.4 Å². The summed E-state index contributed by atoms with van der Waals surface area (Å²) < 4.78 is 1.92. The number of nitrogens with zero attached hydrogens (tertiary/aromatic N) is 5. The first-order valence-corrected chi connectivity index (χ1v) is 9.78. The summed E-state index contributed by atoms with van der Waals surface area (Å²) >= 11 is 2.81. The number of aromatic nitrogens is 3. The summed E-state index contributed by atoms with van der Waals surface area (Å²) in [5.41, 5.74) is 0.989. The van der Waals surface area contributed by atoms with Gasteiger partial charge in [-0.25, -0.2) is 0 Å². The predicted molar refractivity (Wildman–Crippen MR) is 107 cm³/mol. The molecule has 0 unspecified atom stereocenters. The number of rotatable bonds is 5. The van der Waals surface area contributed by atoms with Crippen LogP contribution in [0.15, 0.2) is 76.1 Å². The Bertz CT molecular complexity index is 1180. The first-order chi connectivity index (χ1) is 13.7. The Labute approximate surface area is 168 Å². The van der Waals surface area contributed by atoms with Crippen LogP contribution < -0.4 is 0 Å². The van der Waals surface area contributed by atoms with Crippen molar-refractivity contribution in [1.29, 1.82) is 5.26 Å². The molecule has 0 amide bonds. The third kappa shape index (κ3) is 3.38. The molecule has 4 aromatic rings. The van der Waals surface area contributed by atoms with Gasteiger partial charge in [-0.05, 0) is 41.4 Å². The predicted octanol–water partition coefficient (Wildman–Crippen LogP) is 4.93. The zero-order chi connectivity index (χ0) is 19.5. The molecule has 0 saturated carbocycles. The van der Waals surface area contributed by atoms with Crippen LogP contribution in [-0.4, -0.2) is 19.7 Å². The number of non-ortho nitro benzene ring substituents is 1. The molecule has 0 aliphatic carbocycles. The average molecular weight is 405 g/mol. The second-order valence-corrected chi connectivity index (χ2v) is 7.56. The van der Waals surface area contributed by atoms with E-state index in [1.54, 1.807) is 17.4 Å².